The Balaban J connectivity index is 1.92. The highest BCUT2D eigenvalue weighted by Crippen LogP contribution is 2.26. The lowest BCUT2D eigenvalue weighted by Crippen LogP contribution is -2.43. The molecule has 7 heteroatoms. The minimum absolute atomic E-state index is 0.323. The van der Waals surface area contributed by atoms with Gasteiger partial charge in [-0.25, -0.2) is 13.4 Å². The van der Waals surface area contributed by atoms with E-state index in [-0.39, 0.29) is 0 Å². The van der Waals surface area contributed by atoms with E-state index in [1.807, 2.05) is 7.05 Å². The zero-order valence-electron chi connectivity index (χ0n) is 11.3. The molecule has 2 N–H and O–H groups in total. The van der Waals surface area contributed by atoms with Crippen LogP contribution < -0.4 is 5.32 Å². The van der Waals surface area contributed by atoms with Crippen molar-refractivity contribution < 1.29 is 8.42 Å². The molecule has 1 fully saturated rings. The van der Waals surface area contributed by atoms with E-state index in [2.05, 4.69) is 15.3 Å². The van der Waals surface area contributed by atoms with Gasteiger partial charge in [-0.05, 0) is 32.0 Å². The topological polar surface area (TPSA) is 78.1 Å². The van der Waals surface area contributed by atoms with Crippen LogP contribution in [-0.4, -0.2) is 48.9 Å². The highest BCUT2D eigenvalue weighted by Gasteiger charge is 2.30. The molecule has 1 aliphatic heterocycles. The van der Waals surface area contributed by atoms with E-state index < -0.39 is 10.0 Å². The summed E-state index contributed by atoms with van der Waals surface area (Å²) >= 11 is 0. The van der Waals surface area contributed by atoms with E-state index in [0.29, 0.717) is 35.1 Å². The standard InChI is InChI=1S/C13H18N4O2S/c1-14-10-4-7-17(8-5-10)20(18,19)12-9-16-13-11(12)3-2-6-15-13/h2-3,6,9-10,14H,4-5,7-8H2,1H3,(H,15,16). The second kappa shape index (κ2) is 5.16. The third-order valence-corrected chi connectivity index (χ3v) is 5.83. The van der Waals surface area contributed by atoms with Crippen molar-refractivity contribution in [1.82, 2.24) is 19.6 Å². The highest BCUT2D eigenvalue weighted by molar-refractivity contribution is 7.89. The van der Waals surface area contributed by atoms with Crippen molar-refractivity contribution in [2.75, 3.05) is 20.1 Å². The molecule has 2 aromatic rings. The van der Waals surface area contributed by atoms with Crippen molar-refractivity contribution in [1.29, 1.82) is 0 Å². The van der Waals surface area contributed by atoms with Crippen molar-refractivity contribution >= 4 is 21.1 Å². The Morgan fingerprint density at radius 2 is 2.15 bits per heavy atom. The van der Waals surface area contributed by atoms with Crippen LogP contribution in [0.4, 0.5) is 0 Å². The Morgan fingerprint density at radius 3 is 2.85 bits per heavy atom. The van der Waals surface area contributed by atoms with Crippen LogP contribution in [0.3, 0.4) is 0 Å². The number of sulfonamides is 1. The second-order valence-electron chi connectivity index (χ2n) is 5.02. The van der Waals surface area contributed by atoms with Gasteiger partial charge in [0.1, 0.15) is 10.5 Å². The zero-order valence-corrected chi connectivity index (χ0v) is 12.2. The van der Waals surface area contributed by atoms with Gasteiger partial charge < -0.3 is 10.3 Å². The van der Waals surface area contributed by atoms with Crippen LogP contribution in [0.25, 0.3) is 11.0 Å². The number of hydrogen-bond donors (Lipinski definition) is 2. The quantitative estimate of drug-likeness (QED) is 0.883. The van der Waals surface area contributed by atoms with E-state index in [4.69, 9.17) is 0 Å². The van der Waals surface area contributed by atoms with Gasteiger partial charge in [-0.15, -0.1) is 0 Å². The normalized spacial score (nSPS) is 18.6. The van der Waals surface area contributed by atoms with Crippen LogP contribution in [-0.2, 0) is 10.0 Å². The average molecular weight is 294 g/mol. The Hall–Kier alpha value is -1.44. The maximum absolute atomic E-state index is 12.7. The van der Waals surface area contributed by atoms with Crippen LogP contribution in [0.5, 0.6) is 0 Å². The fraction of sp³-hybridized carbons (Fsp3) is 0.462. The highest BCUT2D eigenvalue weighted by atomic mass is 32.2. The molecule has 108 valence electrons. The third-order valence-electron chi connectivity index (χ3n) is 3.89. The molecule has 1 saturated heterocycles. The number of H-pyrrole nitrogens is 1. The van der Waals surface area contributed by atoms with Gasteiger partial charge in [0.2, 0.25) is 10.0 Å². The number of aromatic nitrogens is 2. The molecule has 3 rings (SSSR count). The number of rotatable bonds is 3. The maximum atomic E-state index is 12.7. The van der Waals surface area contributed by atoms with Crippen molar-refractivity contribution in [3.05, 3.63) is 24.5 Å². The summed E-state index contributed by atoms with van der Waals surface area (Å²) in [5.74, 6) is 0. The van der Waals surface area contributed by atoms with Crippen LogP contribution >= 0.6 is 0 Å². The van der Waals surface area contributed by atoms with Gasteiger partial charge in [0.25, 0.3) is 0 Å². The number of nitrogens with one attached hydrogen (secondary N) is 2. The Bertz CT molecular complexity index is 702. The maximum Gasteiger partial charge on any atom is 0.245 e. The van der Waals surface area contributed by atoms with E-state index >= 15 is 0 Å². The summed E-state index contributed by atoms with van der Waals surface area (Å²) in [6.45, 7) is 1.11. The number of pyridine rings is 1. The number of hydrogen-bond acceptors (Lipinski definition) is 4. The Morgan fingerprint density at radius 1 is 1.40 bits per heavy atom. The zero-order chi connectivity index (χ0) is 14.2. The van der Waals surface area contributed by atoms with Crippen molar-refractivity contribution in [2.24, 2.45) is 0 Å². The smallest absolute Gasteiger partial charge is 0.245 e. The molecular weight excluding hydrogens is 276 g/mol. The molecule has 0 spiro atoms. The predicted octanol–water partition coefficient (Wildman–Crippen LogP) is 0.935. The van der Waals surface area contributed by atoms with Gasteiger partial charge in [-0.3, -0.25) is 0 Å². The van der Waals surface area contributed by atoms with Crippen LogP contribution in [0.15, 0.2) is 29.4 Å². The Labute approximate surface area is 118 Å². The molecule has 6 nitrogen and oxygen atoms in total. The molecule has 0 amide bonds. The molecule has 0 atom stereocenters. The summed E-state index contributed by atoms with van der Waals surface area (Å²) in [6, 6.07) is 3.94. The SMILES string of the molecule is CNC1CCN(S(=O)(=O)c2c[nH]c3ncccc23)CC1. The molecule has 2 aromatic heterocycles. The van der Waals surface area contributed by atoms with E-state index in [1.165, 1.54) is 6.20 Å². The fourth-order valence-electron chi connectivity index (χ4n) is 2.67. The first kappa shape index (κ1) is 13.5. The van der Waals surface area contributed by atoms with Crippen LogP contribution in [0.1, 0.15) is 12.8 Å². The molecule has 0 bridgehead atoms. The summed E-state index contributed by atoms with van der Waals surface area (Å²) in [4.78, 5) is 7.38. The molecule has 1 aliphatic rings. The summed E-state index contributed by atoms with van der Waals surface area (Å²) in [5, 5.41) is 3.86. The lowest BCUT2D eigenvalue weighted by Gasteiger charge is -2.30. The minimum atomic E-state index is -3.44. The largest absolute Gasteiger partial charge is 0.345 e. The molecule has 0 unspecified atom stereocenters. The lowest BCUT2D eigenvalue weighted by molar-refractivity contribution is 0.298. The summed E-state index contributed by atoms with van der Waals surface area (Å²) in [6.07, 6.45) is 4.87. The van der Waals surface area contributed by atoms with Crippen molar-refractivity contribution in [2.45, 2.75) is 23.8 Å². The first-order chi connectivity index (χ1) is 9.63. The second-order valence-corrected chi connectivity index (χ2v) is 6.93. The van der Waals surface area contributed by atoms with Gasteiger partial charge in [-0.1, -0.05) is 0 Å². The molecule has 0 saturated carbocycles. The first-order valence-electron chi connectivity index (χ1n) is 6.72. The van der Waals surface area contributed by atoms with Gasteiger partial charge in [0.05, 0.1) is 0 Å². The van der Waals surface area contributed by atoms with Gasteiger partial charge >= 0.3 is 0 Å². The van der Waals surface area contributed by atoms with Gasteiger partial charge in [0, 0.05) is 36.9 Å². The molecule has 0 aliphatic carbocycles. The van der Waals surface area contributed by atoms with E-state index in [0.717, 1.165) is 12.8 Å². The van der Waals surface area contributed by atoms with Crippen molar-refractivity contribution in [3.63, 3.8) is 0 Å². The molecule has 0 aromatic carbocycles. The summed E-state index contributed by atoms with van der Waals surface area (Å²) in [7, 11) is -1.53. The van der Waals surface area contributed by atoms with Crippen molar-refractivity contribution in [3.8, 4) is 0 Å². The van der Waals surface area contributed by atoms with Crippen LogP contribution in [0, 0.1) is 0 Å². The lowest BCUT2D eigenvalue weighted by atomic mass is 10.1. The van der Waals surface area contributed by atoms with Gasteiger partial charge in [-0.2, -0.15) is 4.31 Å². The number of aromatic amines is 1. The average Bonchev–Trinajstić information content (AvgIpc) is 2.92. The fourth-order valence-corrected chi connectivity index (χ4v) is 4.29. The number of piperidine rings is 1. The third kappa shape index (κ3) is 2.21. The molecule has 0 radical (unpaired) electrons. The Kier molecular flexibility index (Phi) is 3.49. The number of fused-ring (bicyclic) bond motifs is 1. The first-order valence-corrected chi connectivity index (χ1v) is 8.16. The van der Waals surface area contributed by atoms with E-state index in [1.54, 1.807) is 22.6 Å². The molecule has 20 heavy (non-hydrogen) atoms. The molecular formula is C13H18N4O2S. The molecule has 3 heterocycles. The van der Waals surface area contributed by atoms with Gasteiger partial charge in [0.15, 0.2) is 0 Å². The number of nitrogens with zero attached hydrogens (tertiary/aromatic N) is 2. The monoisotopic (exact) mass is 294 g/mol. The summed E-state index contributed by atoms with van der Waals surface area (Å²) < 4.78 is 27.0. The van der Waals surface area contributed by atoms with Crippen LogP contribution in [0.2, 0.25) is 0 Å². The van der Waals surface area contributed by atoms with E-state index in [9.17, 15) is 8.42 Å². The predicted molar refractivity (Wildman–Crippen MR) is 76.9 cm³/mol. The summed E-state index contributed by atoms with van der Waals surface area (Å²) in [5.41, 5.74) is 0.608. The minimum Gasteiger partial charge on any atom is -0.345 e.